The van der Waals surface area contributed by atoms with E-state index in [9.17, 15) is 0 Å². The van der Waals surface area contributed by atoms with Crippen LogP contribution in [0.5, 0.6) is 0 Å². The zero-order chi connectivity index (χ0) is 12.4. The smallest absolute Gasteiger partial charge is 0.0383 e. The van der Waals surface area contributed by atoms with Gasteiger partial charge in [0.2, 0.25) is 0 Å². The summed E-state index contributed by atoms with van der Waals surface area (Å²) in [6, 6.07) is 0. The van der Waals surface area contributed by atoms with Gasteiger partial charge in [-0.15, -0.1) is 0 Å². The van der Waals surface area contributed by atoms with Crippen LogP contribution in [-0.4, -0.2) is 0 Å². The first kappa shape index (κ1) is 13.0. The lowest BCUT2D eigenvalue weighted by Gasteiger charge is -2.43. The molecule has 0 amide bonds. The molecule has 0 nitrogen and oxygen atoms in total. The molecule has 3 fully saturated rings. The molecular weight excluding hydrogens is 216 g/mol. The van der Waals surface area contributed by atoms with E-state index >= 15 is 0 Å². The van der Waals surface area contributed by atoms with Gasteiger partial charge < -0.3 is 0 Å². The molecular formula is C18H32. The van der Waals surface area contributed by atoms with Crippen LogP contribution in [0.4, 0.5) is 0 Å². The minimum Gasteiger partial charge on any atom is -0.0620 e. The molecule has 0 heteroatoms. The van der Waals surface area contributed by atoms with E-state index in [0.717, 1.165) is 29.6 Å². The molecule has 3 aliphatic rings. The summed E-state index contributed by atoms with van der Waals surface area (Å²) < 4.78 is 0. The second kappa shape index (κ2) is 5.97. The molecule has 0 spiro atoms. The van der Waals surface area contributed by atoms with Gasteiger partial charge in [0.1, 0.15) is 0 Å². The normalized spacial score (nSPS) is 40.2. The molecule has 0 saturated heterocycles. The molecule has 0 heterocycles. The molecule has 3 aliphatic carbocycles. The fourth-order valence-electron chi connectivity index (χ4n) is 5.43. The van der Waals surface area contributed by atoms with Crippen LogP contribution >= 0.6 is 0 Å². The zero-order valence-electron chi connectivity index (χ0n) is 12.4. The third-order valence-electron chi connectivity index (χ3n) is 6.72. The van der Waals surface area contributed by atoms with E-state index in [4.69, 9.17) is 0 Å². The van der Waals surface area contributed by atoms with Crippen molar-refractivity contribution in [2.24, 2.45) is 29.6 Å². The Morgan fingerprint density at radius 2 is 1.28 bits per heavy atom. The molecule has 3 rings (SSSR count). The molecule has 3 saturated carbocycles. The van der Waals surface area contributed by atoms with Crippen molar-refractivity contribution in [3.63, 3.8) is 0 Å². The molecule has 0 aromatic carbocycles. The van der Waals surface area contributed by atoms with Crippen molar-refractivity contribution in [3.8, 4) is 0 Å². The topological polar surface area (TPSA) is 0 Å². The lowest BCUT2D eigenvalue weighted by molar-refractivity contribution is 0.0751. The fourth-order valence-corrected chi connectivity index (χ4v) is 5.43. The van der Waals surface area contributed by atoms with Crippen molar-refractivity contribution >= 4 is 0 Å². The van der Waals surface area contributed by atoms with Crippen molar-refractivity contribution in [1.82, 2.24) is 0 Å². The average Bonchev–Trinajstić information content (AvgIpc) is 2.47. The molecule has 4 atom stereocenters. The Bertz CT molecular complexity index is 248. The summed E-state index contributed by atoms with van der Waals surface area (Å²) in [6.45, 7) is 2.60. The Labute approximate surface area is 114 Å². The predicted molar refractivity (Wildman–Crippen MR) is 78.5 cm³/mol. The zero-order valence-corrected chi connectivity index (χ0v) is 12.4. The second-order valence-electron chi connectivity index (χ2n) is 7.63. The van der Waals surface area contributed by atoms with Crippen LogP contribution in [0.1, 0.15) is 84.0 Å². The Balaban J connectivity index is 1.55. The summed E-state index contributed by atoms with van der Waals surface area (Å²) in [5, 5.41) is 0. The van der Waals surface area contributed by atoms with Crippen LogP contribution in [-0.2, 0) is 0 Å². The first-order chi connectivity index (χ1) is 8.84. The first-order valence-corrected chi connectivity index (χ1v) is 8.84. The first-order valence-electron chi connectivity index (χ1n) is 8.84. The maximum atomic E-state index is 2.60. The summed E-state index contributed by atoms with van der Waals surface area (Å²) in [5.41, 5.74) is 0. The third-order valence-corrected chi connectivity index (χ3v) is 6.72. The third kappa shape index (κ3) is 2.78. The monoisotopic (exact) mass is 248 g/mol. The minimum atomic E-state index is 1.04. The van der Waals surface area contributed by atoms with E-state index in [0.29, 0.717) is 0 Å². The Morgan fingerprint density at radius 3 is 2.06 bits per heavy atom. The highest BCUT2D eigenvalue weighted by Crippen LogP contribution is 2.47. The molecule has 18 heavy (non-hydrogen) atoms. The minimum absolute atomic E-state index is 1.04. The van der Waals surface area contributed by atoms with Crippen molar-refractivity contribution < 1.29 is 0 Å². The molecule has 0 N–H and O–H groups in total. The van der Waals surface area contributed by atoms with Crippen LogP contribution in [0.15, 0.2) is 0 Å². The number of fused-ring (bicyclic) bond motifs is 1. The summed E-state index contributed by atoms with van der Waals surface area (Å²) >= 11 is 0. The van der Waals surface area contributed by atoms with Crippen LogP contribution in [0, 0.1) is 29.6 Å². The van der Waals surface area contributed by atoms with E-state index in [2.05, 4.69) is 6.92 Å². The van der Waals surface area contributed by atoms with Crippen molar-refractivity contribution in [1.29, 1.82) is 0 Å². The van der Waals surface area contributed by atoms with E-state index < -0.39 is 0 Å². The van der Waals surface area contributed by atoms with Gasteiger partial charge in [-0.1, -0.05) is 64.7 Å². The predicted octanol–water partition coefficient (Wildman–Crippen LogP) is 5.81. The van der Waals surface area contributed by atoms with Gasteiger partial charge in [-0.3, -0.25) is 0 Å². The van der Waals surface area contributed by atoms with Crippen LogP contribution in [0.3, 0.4) is 0 Å². The maximum absolute atomic E-state index is 2.60. The molecule has 0 radical (unpaired) electrons. The highest BCUT2D eigenvalue weighted by atomic mass is 14.4. The van der Waals surface area contributed by atoms with Crippen molar-refractivity contribution in [2.75, 3.05) is 0 Å². The van der Waals surface area contributed by atoms with Gasteiger partial charge >= 0.3 is 0 Å². The Morgan fingerprint density at radius 1 is 0.611 bits per heavy atom. The average molecular weight is 248 g/mol. The van der Waals surface area contributed by atoms with E-state index in [1.165, 1.54) is 32.1 Å². The van der Waals surface area contributed by atoms with Gasteiger partial charge in [-0.25, -0.2) is 0 Å². The van der Waals surface area contributed by atoms with Crippen molar-refractivity contribution in [2.45, 2.75) is 84.0 Å². The molecule has 2 unspecified atom stereocenters. The van der Waals surface area contributed by atoms with E-state index in [-0.39, 0.29) is 0 Å². The summed E-state index contributed by atoms with van der Waals surface area (Å²) in [7, 11) is 0. The Kier molecular flexibility index (Phi) is 4.31. The lowest BCUT2D eigenvalue weighted by atomic mass is 9.62. The van der Waals surface area contributed by atoms with E-state index in [1.54, 1.807) is 44.9 Å². The molecule has 0 aromatic heterocycles. The summed E-state index contributed by atoms with van der Waals surface area (Å²) in [6.07, 6.45) is 18.6. The Hall–Kier alpha value is 0. The molecule has 0 bridgehead atoms. The number of hydrogen-bond donors (Lipinski definition) is 0. The van der Waals surface area contributed by atoms with Gasteiger partial charge in [0.05, 0.1) is 0 Å². The van der Waals surface area contributed by atoms with Crippen LogP contribution in [0.2, 0.25) is 0 Å². The maximum Gasteiger partial charge on any atom is -0.0383 e. The van der Waals surface area contributed by atoms with Crippen LogP contribution < -0.4 is 0 Å². The number of hydrogen-bond acceptors (Lipinski definition) is 0. The van der Waals surface area contributed by atoms with Gasteiger partial charge in [-0.2, -0.15) is 0 Å². The molecule has 0 aliphatic heterocycles. The fraction of sp³-hybridized carbons (Fsp3) is 1.00. The van der Waals surface area contributed by atoms with Gasteiger partial charge in [-0.05, 0) is 48.9 Å². The molecule has 104 valence electrons. The van der Waals surface area contributed by atoms with Crippen LogP contribution in [0.25, 0.3) is 0 Å². The summed E-state index contributed by atoms with van der Waals surface area (Å²) in [4.78, 5) is 0. The van der Waals surface area contributed by atoms with Gasteiger partial charge in [0.25, 0.3) is 0 Å². The highest BCUT2D eigenvalue weighted by Gasteiger charge is 2.36. The second-order valence-corrected chi connectivity index (χ2v) is 7.63. The SMILES string of the molecule is CC(C1CCCCC1)C1CC[C@H]2CCCC[C@@H]2C1. The standard InChI is InChI=1S/C18H32/c1-14(15-7-3-2-4-8-15)17-12-11-16-9-5-6-10-18(16)13-17/h14-18H,2-13H2,1H3/t14?,16-,17?,18-/m1/s1. The largest absolute Gasteiger partial charge is 0.0620 e. The van der Waals surface area contributed by atoms with Gasteiger partial charge in [0.15, 0.2) is 0 Å². The lowest BCUT2D eigenvalue weighted by Crippen LogP contribution is -2.33. The van der Waals surface area contributed by atoms with E-state index in [1.807, 2.05) is 0 Å². The van der Waals surface area contributed by atoms with Crippen molar-refractivity contribution in [3.05, 3.63) is 0 Å². The van der Waals surface area contributed by atoms with Gasteiger partial charge in [0, 0.05) is 0 Å². The molecule has 0 aromatic rings. The quantitative estimate of drug-likeness (QED) is 0.578. The number of rotatable bonds is 2. The summed E-state index contributed by atoms with van der Waals surface area (Å²) in [5.74, 6) is 5.47. The highest BCUT2D eigenvalue weighted by molar-refractivity contribution is 4.87.